The predicted octanol–water partition coefficient (Wildman–Crippen LogP) is 2.99. The molecule has 0 bridgehead atoms. The molecule has 7 heteroatoms. The first-order chi connectivity index (χ1) is 11.6. The van der Waals surface area contributed by atoms with E-state index in [1.165, 1.54) is 19.2 Å². The van der Waals surface area contributed by atoms with E-state index in [2.05, 4.69) is 10.1 Å². The second-order valence-electron chi connectivity index (χ2n) is 4.74. The lowest BCUT2D eigenvalue weighted by Gasteiger charge is -2.11. The summed E-state index contributed by atoms with van der Waals surface area (Å²) in [6.07, 6.45) is 0. The average molecular weight is 337 g/mol. The van der Waals surface area contributed by atoms with Crippen molar-refractivity contribution in [2.75, 3.05) is 13.7 Å². The van der Waals surface area contributed by atoms with E-state index >= 15 is 0 Å². The molecule has 24 heavy (non-hydrogen) atoms. The molecule has 2 rings (SSSR count). The molecule has 0 aliphatic heterocycles. The lowest BCUT2D eigenvalue weighted by Crippen LogP contribution is -2.28. The molecule has 5 nitrogen and oxygen atoms in total. The Morgan fingerprint density at radius 2 is 1.88 bits per heavy atom. The fraction of sp³-hybridized carbons (Fsp3) is 0.235. The van der Waals surface area contributed by atoms with E-state index < -0.39 is 6.61 Å². The minimum absolute atomic E-state index is 0.0435. The largest absolute Gasteiger partial charge is 0.493 e. The van der Waals surface area contributed by atoms with Crippen molar-refractivity contribution in [3.8, 4) is 17.2 Å². The van der Waals surface area contributed by atoms with Crippen LogP contribution in [-0.2, 0) is 11.3 Å². The van der Waals surface area contributed by atoms with E-state index in [1.54, 1.807) is 36.4 Å². The Bertz CT molecular complexity index is 679. The molecule has 0 saturated heterocycles. The van der Waals surface area contributed by atoms with Gasteiger partial charge in [-0.15, -0.1) is 0 Å². The van der Waals surface area contributed by atoms with Gasteiger partial charge in [0.05, 0.1) is 7.11 Å². The third-order valence-electron chi connectivity index (χ3n) is 3.04. The number of alkyl halides is 2. The summed E-state index contributed by atoms with van der Waals surface area (Å²) < 4.78 is 39.2. The Labute approximate surface area is 138 Å². The van der Waals surface area contributed by atoms with Crippen LogP contribution in [0.1, 0.15) is 5.56 Å². The van der Waals surface area contributed by atoms with Gasteiger partial charge in [0.15, 0.2) is 18.1 Å². The summed E-state index contributed by atoms with van der Waals surface area (Å²) in [5.74, 6) is 0.688. The zero-order valence-electron chi connectivity index (χ0n) is 13.0. The van der Waals surface area contributed by atoms with Crippen LogP contribution in [0.2, 0.25) is 0 Å². The highest BCUT2D eigenvalue weighted by atomic mass is 19.3. The molecule has 2 aromatic rings. The number of methoxy groups -OCH3 is 1. The second kappa shape index (κ2) is 8.71. The summed E-state index contributed by atoms with van der Waals surface area (Å²) in [7, 11) is 1.51. The molecule has 0 aromatic heterocycles. The molecule has 0 spiro atoms. The van der Waals surface area contributed by atoms with Crippen LogP contribution in [0.25, 0.3) is 0 Å². The Hall–Kier alpha value is -2.83. The number of hydrogen-bond acceptors (Lipinski definition) is 4. The van der Waals surface area contributed by atoms with Gasteiger partial charge in [-0.3, -0.25) is 4.79 Å². The fourth-order valence-electron chi connectivity index (χ4n) is 1.96. The van der Waals surface area contributed by atoms with Crippen molar-refractivity contribution < 1.29 is 27.8 Å². The first kappa shape index (κ1) is 17.5. The molecular formula is C17H17F2NO4. The highest BCUT2D eigenvalue weighted by Crippen LogP contribution is 2.25. The van der Waals surface area contributed by atoms with E-state index in [4.69, 9.17) is 9.47 Å². The van der Waals surface area contributed by atoms with Crippen LogP contribution in [-0.4, -0.2) is 26.2 Å². The maximum atomic E-state index is 12.2. The van der Waals surface area contributed by atoms with Crippen molar-refractivity contribution in [2.45, 2.75) is 13.2 Å². The molecule has 0 unspecified atom stereocenters. The van der Waals surface area contributed by atoms with E-state index in [0.29, 0.717) is 17.1 Å². The number of halogens is 2. The first-order valence-electron chi connectivity index (χ1n) is 7.14. The zero-order chi connectivity index (χ0) is 17.4. The molecule has 1 amide bonds. The molecule has 1 N–H and O–H groups in total. The van der Waals surface area contributed by atoms with Gasteiger partial charge < -0.3 is 19.5 Å². The molecule has 2 aromatic carbocycles. The van der Waals surface area contributed by atoms with Gasteiger partial charge in [0, 0.05) is 6.54 Å². The maximum absolute atomic E-state index is 12.2. The number of rotatable bonds is 8. The summed E-state index contributed by atoms with van der Waals surface area (Å²) in [5.41, 5.74) is 0.638. The highest BCUT2D eigenvalue weighted by molar-refractivity contribution is 5.77. The molecule has 0 aliphatic rings. The van der Waals surface area contributed by atoms with Crippen LogP contribution in [0.3, 0.4) is 0 Å². The van der Waals surface area contributed by atoms with Crippen molar-refractivity contribution in [3.05, 3.63) is 54.1 Å². The summed E-state index contributed by atoms with van der Waals surface area (Å²) in [4.78, 5) is 11.8. The number of carbonyl (C=O) groups excluding carboxylic acids is 1. The standard InChI is InChI=1S/C17H17F2NO4/c1-22-14-7-2-3-8-15(14)23-11-16(21)20-10-12-5-4-6-13(9-12)24-17(18)19/h2-9,17H,10-11H2,1H3,(H,20,21). The number of para-hydroxylation sites is 2. The van der Waals surface area contributed by atoms with Crippen LogP contribution in [0.4, 0.5) is 8.78 Å². The van der Waals surface area contributed by atoms with Gasteiger partial charge >= 0.3 is 6.61 Å². The van der Waals surface area contributed by atoms with Gasteiger partial charge in [0.25, 0.3) is 5.91 Å². The van der Waals surface area contributed by atoms with Crippen LogP contribution in [0, 0.1) is 0 Å². The van der Waals surface area contributed by atoms with Gasteiger partial charge in [-0.2, -0.15) is 8.78 Å². The molecule has 0 atom stereocenters. The molecular weight excluding hydrogens is 320 g/mol. The summed E-state index contributed by atoms with van der Waals surface area (Å²) >= 11 is 0. The highest BCUT2D eigenvalue weighted by Gasteiger charge is 2.08. The van der Waals surface area contributed by atoms with Crippen molar-refractivity contribution >= 4 is 5.91 Å². The molecule has 0 aliphatic carbocycles. The number of amides is 1. The SMILES string of the molecule is COc1ccccc1OCC(=O)NCc1cccc(OC(F)F)c1. The quantitative estimate of drug-likeness (QED) is 0.805. The van der Waals surface area contributed by atoms with E-state index in [0.717, 1.165) is 0 Å². The number of nitrogens with one attached hydrogen (secondary N) is 1. The lowest BCUT2D eigenvalue weighted by molar-refractivity contribution is -0.123. The van der Waals surface area contributed by atoms with Gasteiger partial charge in [-0.1, -0.05) is 24.3 Å². The normalized spacial score (nSPS) is 10.3. The van der Waals surface area contributed by atoms with E-state index in [-0.39, 0.29) is 24.8 Å². The van der Waals surface area contributed by atoms with Crippen LogP contribution < -0.4 is 19.5 Å². The molecule has 0 radical (unpaired) electrons. The second-order valence-corrected chi connectivity index (χ2v) is 4.74. The molecule has 0 fully saturated rings. The van der Waals surface area contributed by atoms with E-state index in [1.807, 2.05) is 0 Å². The topological polar surface area (TPSA) is 56.8 Å². The number of ether oxygens (including phenoxy) is 3. The van der Waals surface area contributed by atoms with Crippen molar-refractivity contribution in [2.24, 2.45) is 0 Å². The third-order valence-corrected chi connectivity index (χ3v) is 3.04. The van der Waals surface area contributed by atoms with Gasteiger partial charge in [-0.05, 0) is 29.8 Å². The minimum Gasteiger partial charge on any atom is -0.493 e. The van der Waals surface area contributed by atoms with Crippen molar-refractivity contribution in [1.82, 2.24) is 5.32 Å². The molecule has 128 valence electrons. The van der Waals surface area contributed by atoms with Crippen LogP contribution in [0.15, 0.2) is 48.5 Å². The maximum Gasteiger partial charge on any atom is 0.387 e. The van der Waals surface area contributed by atoms with Gasteiger partial charge in [0.2, 0.25) is 0 Å². The number of benzene rings is 2. The Morgan fingerprint density at radius 3 is 2.58 bits per heavy atom. The molecule has 0 heterocycles. The summed E-state index contributed by atoms with van der Waals surface area (Å²) in [5, 5.41) is 2.64. The first-order valence-corrected chi connectivity index (χ1v) is 7.14. The van der Waals surface area contributed by atoms with Crippen molar-refractivity contribution in [3.63, 3.8) is 0 Å². The number of hydrogen-bond donors (Lipinski definition) is 1. The minimum atomic E-state index is -2.89. The van der Waals surface area contributed by atoms with E-state index in [9.17, 15) is 13.6 Å². The summed E-state index contributed by atoms with van der Waals surface area (Å²) in [6.45, 7) is -2.90. The van der Waals surface area contributed by atoms with Gasteiger partial charge in [0.1, 0.15) is 5.75 Å². The monoisotopic (exact) mass is 337 g/mol. The fourth-order valence-corrected chi connectivity index (χ4v) is 1.96. The zero-order valence-corrected chi connectivity index (χ0v) is 13.0. The van der Waals surface area contributed by atoms with Gasteiger partial charge in [-0.25, -0.2) is 0 Å². The smallest absolute Gasteiger partial charge is 0.387 e. The average Bonchev–Trinajstić information content (AvgIpc) is 2.58. The Morgan fingerprint density at radius 1 is 1.12 bits per heavy atom. The van der Waals surface area contributed by atoms with Crippen LogP contribution in [0.5, 0.6) is 17.2 Å². The molecule has 0 saturated carbocycles. The Kier molecular flexibility index (Phi) is 6.36. The Balaban J connectivity index is 1.83. The lowest BCUT2D eigenvalue weighted by atomic mass is 10.2. The summed E-state index contributed by atoms with van der Waals surface area (Å²) in [6, 6.07) is 13.1. The third kappa shape index (κ3) is 5.42. The predicted molar refractivity (Wildman–Crippen MR) is 83.4 cm³/mol. The van der Waals surface area contributed by atoms with Crippen LogP contribution >= 0.6 is 0 Å². The number of carbonyl (C=O) groups is 1. The van der Waals surface area contributed by atoms with Crippen molar-refractivity contribution in [1.29, 1.82) is 0 Å².